The Morgan fingerprint density at radius 1 is 1.50 bits per heavy atom. The molecule has 0 bridgehead atoms. The van der Waals surface area contributed by atoms with Crippen LogP contribution in [-0.4, -0.2) is 19.2 Å². The van der Waals surface area contributed by atoms with Crippen molar-refractivity contribution in [2.45, 2.75) is 0 Å². The van der Waals surface area contributed by atoms with Gasteiger partial charge in [0.1, 0.15) is 12.4 Å². The molecule has 0 aliphatic carbocycles. The summed E-state index contributed by atoms with van der Waals surface area (Å²) in [5, 5.41) is 0. The number of benzene rings is 1. The number of rotatable bonds is 1. The molecule has 3 nitrogen and oxygen atoms in total. The predicted octanol–water partition coefficient (Wildman–Crippen LogP) is 2.54. The van der Waals surface area contributed by atoms with Crippen LogP contribution in [0.4, 0.5) is 14.9 Å². The summed E-state index contributed by atoms with van der Waals surface area (Å²) < 4.78 is 18.0. The highest BCUT2D eigenvalue weighted by atomic mass is 79.9. The monoisotopic (exact) mass is 259 g/mol. The number of carbonyl (C=O) groups is 1. The Labute approximate surface area is 88.6 Å². The molecule has 0 spiro atoms. The van der Waals surface area contributed by atoms with Crippen molar-refractivity contribution in [3.05, 3.63) is 28.5 Å². The molecule has 1 amide bonds. The molecule has 74 valence electrons. The van der Waals surface area contributed by atoms with E-state index in [1.807, 2.05) is 0 Å². The Morgan fingerprint density at radius 3 is 2.86 bits per heavy atom. The molecule has 0 atom stereocenters. The van der Waals surface area contributed by atoms with Gasteiger partial charge in [-0.05, 0) is 34.1 Å². The van der Waals surface area contributed by atoms with Crippen molar-refractivity contribution < 1.29 is 13.9 Å². The lowest BCUT2D eigenvalue weighted by Gasteiger charge is -2.12. The summed E-state index contributed by atoms with van der Waals surface area (Å²) >= 11 is 3.06. The Bertz CT molecular complexity index is 383. The number of halogens is 2. The third-order valence-electron chi connectivity index (χ3n) is 1.98. The van der Waals surface area contributed by atoms with E-state index in [0.29, 0.717) is 23.3 Å². The van der Waals surface area contributed by atoms with Crippen molar-refractivity contribution in [3.8, 4) is 0 Å². The lowest BCUT2D eigenvalue weighted by molar-refractivity contribution is 0.181. The molecule has 1 saturated heterocycles. The van der Waals surface area contributed by atoms with E-state index in [0.717, 1.165) is 0 Å². The van der Waals surface area contributed by atoms with E-state index in [9.17, 15) is 9.18 Å². The third-order valence-corrected chi connectivity index (χ3v) is 2.58. The van der Waals surface area contributed by atoms with Gasteiger partial charge in [-0.3, -0.25) is 4.90 Å². The summed E-state index contributed by atoms with van der Waals surface area (Å²) in [6.07, 6.45) is -0.386. The molecule has 0 N–H and O–H groups in total. The number of ether oxygens (including phenoxy) is 1. The summed E-state index contributed by atoms with van der Waals surface area (Å²) in [7, 11) is 0. The van der Waals surface area contributed by atoms with E-state index in [4.69, 9.17) is 4.74 Å². The van der Waals surface area contributed by atoms with Gasteiger partial charge in [-0.2, -0.15) is 0 Å². The summed E-state index contributed by atoms with van der Waals surface area (Å²) in [6, 6.07) is 4.42. The van der Waals surface area contributed by atoms with Crippen molar-refractivity contribution in [1.82, 2.24) is 0 Å². The largest absolute Gasteiger partial charge is 0.447 e. The third kappa shape index (κ3) is 1.59. The molecule has 5 heteroatoms. The number of amides is 1. The maximum absolute atomic E-state index is 12.9. The molecule has 14 heavy (non-hydrogen) atoms. The Balaban J connectivity index is 2.32. The number of nitrogens with zero attached hydrogens (tertiary/aromatic N) is 1. The standard InChI is InChI=1S/C9H7BrFNO2/c10-7-5-6(1-2-8(7)11)12-3-4-14-9(12)13/h1-2,5H,3-4H2. The molecular formula is C9H7BrFNO2. The van der Waals surface area contributed by atoms with Crippen LogP contribution in [0.1, 0.15) is 0 Å². The van der Waals surface area contributed by atoms with E-state index in [1.165, 1.54) is 11.0 Å². The Morgan fingerprint density at radius 2 is 2.29 bits per heavy atom. The van der Waals surface area contributed by atoms with E-state index >= 15 is 0 Å². The highest BCUT2D eigenvalue weighted by molar-refractivity contribution is 9.10. The van der Waals surface area contributed by atoms with Gasteiger partial charge >= 0.3 is 6.09 Å². The molecule has 1 aliphatic rings. The molecule has 0 radical (unpaired) electrons. The Hall–Kier alpha value is -1.10. The maximum Gasteiger partial charge on any atom is 0.414 e. The van der Waals surface area contributed by atoms with Crippen LogP contribution in [0, 0.1) is 5.82 Å². The van der Waals surface area contributed by atoms with Crippen molar-refractivity contribution in [3.63, 3.8) is 0 Å². The molecule has 1 heterocycles. The fraction of sp³-hybridized carbons (Fsp3) is 0.222. The highest BCUT2D eigenvalue weighted by Crippen LogP contribution is 2.24. The smallest absolute Gasteiger partial charge is 0.414 e. The first-order valence-corrected chi connectivity index (χ1v) is 4.87. The van der Waals surface area contributed by atoms with Crippen molar-refractivity contribution in [2.75, 3.05) is 18.1 Å². The van der Waals surface area contributed by atoms with E-state index < -0.39 is 0 Å². The van der Waals surface area contributed by atoms with Crippen molar-refractivity contribution >= 4 is 27.7 Å². The summed E-state index contributed by atoms with van der Waals surface area (Å²) in [5.74, 6) is -0.346. The number of carbonyl (C=O) groups excluding carboxylic acids is 1. The Kier molecular flexibility index (Phi) is 2.41. The zero-order valence-corrected chi connectivity index (χ0v) is 8.75. The molecule has 1 aromatic carbocycles. The van der Waals surface area contributed by atoms with Gasteiger partial charge in [0, 0.05) is 5.69 Å². The molecule has 1 aromatic rings. The van der Waals surface area contributed by atoms with E-state index in [1.54, 1.807) is 12.1 Å². The van der Waals surface area contributed by atoms with Crippen LogP contribution in [0.15, 0.2) is 22.7 Å². The van der Waals surface area contributed by atoms with Gasteiger partial charge in [-0.1, -0.05) is 0 Å². The van der Waals surface area contributed by atoms with Crippen LogP contribution in [0.5, 0.6) is 0 Å². The summed E-state index contributed by atoms with van der Waals surface area (Å²) in [6.45, 7) is 0.894. The number of anilines is 1. The minimum absolute atomic E-state index is 0.342. The minimum atomic E-state index is -0.386. The van der Waals surface area contributed by atoms with Crippen molar-refractivity contribution in [1.29, 1.82) is 0 Å². The van der Waals surface area contributed by atoms with E-state index in [2.05, 4.69) is 15.9 Å². The van der Waals surface area contributed by atoms with Gasteiger partial charge in [-0.25, -0.2) is 9.18 Å². The molecule has 1 fully saturated rings. The quantitative estimate of drug-likeness (QED) is 0.776. The second kappa shape index (κ2) is 3.57. The average molecular weight is 260 g/mol. The zero-order valence-electron chi connectivity index (χ0n) is 7.17. The lowest BCUT2D eigenvalue weighted by Crippen LogP contribution is -2.23. The minimum Gasteiger partial charge on any atom is -0.447 e. The molecular weight excluding hydrogens is 253 g/mol. The fourth-order valence-corrected chi connectivity index (χ4v) is 1.65. The first kappa shape index (κ1) is 9.45. The zero-order chi connectivity index (χ0) is 10.1. The van der Waals surface area contributed by atoms with Crippen LogP contribution in [0.3, 0.4) is 0 Å². The number of hydrogen-bond donors (Lipinski definition) is 0. The molecule has 0 saturated carbocycles. The van der Waals surface area contributed by atoms with E-state index in [-0.39, 0.29) is 11.9 Å². The fourth-order valence-electron chi connectivity index (χ4n) is 1.28. The van der Waals surface area contributed by atoms with Crippen LogP contribution in [0.2, 0.25) is 0 Å². The summed E-state index contributed by atoms with van der Waals surface area (Å²) in [5.41, 5.74) is 0.640. The molecule has 2 rings (SSSR count). The van der Waals surface area contributed by atoms with Gasteiger partial charge in [0.05, 0.1) is 11.0 Å². The van der Waals surface area contributed by atoms with Crippen LogP contribution >= 0.6 is 15.9 Å². The molecule has 0 unspecified atom stereocenters. The lowest BCUT2D eigenvalue weighted by atomic mass is 10.3. The molecule has 1 aliphatic heterocycles. The molecule has 0 aromatic heterocycles. The number of cyclic esters (lactones) is 1. The van der Waals surface area contributed by atoms with Gasteiger partial charge < -0.3 is 4.74 Å². The van der Waals surface area contributed by atoms with Crippen LogP contribution in [-0.2, 0) is 4.74 Å². The maximum atomic E-state index is 12.9. The normalized spacial score (nSPS) is 15.9. The summed E-state index contributed by atoms with van der Waals surface area (Å²) in [4.78, 5) is 12.6. The average Bonchev–Trinajstić information content (AvgIpc) is 2.57. The second-order valence-corrected chi connectivity index (χ2v) is 3.72. The predicted molar refractivity (Wildman–Crippen MR) is 52.8 cm³/mol. The SMILES string of the molecule is O=C1OCCN1c1ccc(F)c(Br)c1. The van der Waals surface area contributed by atoms with Gasteiger partial charge in [0.2, 0.25) is 0 Å². The first-order chi connectivity index (χ1) is 6.68. The van der Waals surface area contributed by atoms with Crippen LogP contribution < -0.4 is 4.90 Å². The van der Waals surface area contributed by atoms with Gasteiger partial charge in [0.25, 0.3) is 0 Å². The number of hydrogen-bond acceptors (Lipinski definition) is 2. The second-order valence-electron chi connectivity index (χ2n) is 2.86. The van der Waals surface area contributed by atoms with Crippen molar-refractivity contribution in [2.24, 2.45) is 0 Å². The van der Waals surface area contributed by atoms with Crippen LogP contribution in [0.25, 0.3) is 0 Å². The highest BCUT2D eigenvalue weighted by Gasteiger charge is 2.23. The topological polar surface area (TPSA) is 29.5 Å². The first-order valence-electron chi connectivity index (χ1n) is 4.08. The van der Waals surface area contributed by atoms with Gasteiger partial charge in [0.15, 0.2) is 0 Å². The van der Waals surface area contributed by atoms with Gasteiger partial charge in [-0.15, -0.1) is 0 Å².